The first-order valence-electron chi connectivity index (χ1n) is 9.53. The van der Waals surface area contributed by atoms with Crippen LogP contribution in [0.25, 0.3) is 0 Å². The number of nitrogens with zero attached hydrogens (tertiary/aromatic N) is 1. The second kappa shape index (κ2) is 9.07. The fourth-order valence-electron chi connectivity index (χ4n) is 3.41. The predicted octanol–water partition coefficient (Wildman–Crippen LogP) is 3.60. The maximum absolute atomic E-state index is 12.7. The highest BCUT2D eigenvalue weighted by molar-refractivity contribution is 7.91. The smallest absolute Gasteiger partial charge is 0.317 e. The van der Waals surface area contributed by atoms with Gasteiger partial charge < -0.3 is 10.2 Å². The second-order valence-corrected chi connectivity index (χ2v) is 10.3. The zero-order valence-corrected chi connectivity index (χ0v) is 17.8. The number of carbonyl (C=O) groups is 1. The molecule has 6 nitrogen and oxygen atoms in total. The molecule has 1 aromatic carbocycles. The summed E-state index contributed by atoms with van der Waals surface area (Å²) in [5.41, 5.74) is 1.09. The van der Waals surface area contributed by atoms with E-state index in [1.54, 1.807) is 22.4 Å². The number of sulfonamides is 1. The van der Waals surface area contributed by atoms with Crippen molar-refractivity contribution in [3.05, 3.63) is 53.4 Å². The number of carbonyl (C=O) groups excluding carboxylic acids is 1. The van der Waals surface area contributed by atoms with Gasteiger partial charge in [0, 0.05) is 19.1 Å². The van der Waals surface area contributed by atoms with E-state index < -0.39 is 10.0 Å². The van der Waals surface area contributed by atoms with Crippen molar-refractivity contribution < 1.29 is 13.2 Å². The molecule has 2 amide bonds. The molecule has 1 aliphatic heterocycles. The lowest BCUT2D eigenvalue weighted by atomic mass is 9.96. The Balaban J connectivity index is 1.55. The van der Waals surface area contributed by atoms with E-state index in [-0.39, 0.29) is 24.0 Å². The molecule has 28 heavy (non-hydrogen) atoms. The lowest BCUT2D eigenvalue weighted by molar-refractivity contribution is 0.173. The zero-order valence-electron chi connectivity index (χ0n) is 16.2. The number of thiophene rings is 1. The molecule has 2 aromatic rings. The van der Waals surface area contributed by atoms with Gasteiger partial charge in [-0.25, -0.2) is 17.9 Å². The minimum atomic E-state index is -3.47. The molecule has 1 aliphatic rings. The molecule has 8 heteroatoms. The summed E-state index contributed by atoms with van der Waals surface area (Å²) in [5, 5.41) is 4.89. The van der Waals surface area contributed by atoms with E-state index in [2.05, 4.69) is 23.9 Å². The molecule has 1 unspecified atom stereocenters. The van der Waals surface area contributed by atoms with E-state index in [4.69, 9.17) is 0 Å². The first-order chi connectivity index (χ1) is 13.4. The van der Waals surface area contributed by atoms with Crippen LogP contribution in [-0.4, -0.2) is 38.5 Å². The van der Waals surface area contributed by atoms with Crippen molar-refractivity contribution in [1.82, 2.24) is 14.9 Å². The van der Waals surface area contributed by atoms with Gasteiger partial charge >= 0.3 is 6.03 Å². The molecule has 0 radical (unpaired) electrons. The number of likely N-dealkylation sites (tertiary alicyclic amines) is 1. The molecule has 152 valence electrons. The molecule has 2 N–H and O–H groups in total. The van der Waals surface area contributed by atoms with Crippen LogP contribution in [-0.2, 0) is 10.0 Å². The van der Waals surface area contributed by atoms with E-state index >= 15 is 0 Å². The number of hydrogen-bond acceptors (Lipinski definition) is 4. The fraction of sp³-hybridized carbons (Fsp3) is 0.450. The topological polar surface area (TPSA) is 78.5 Å². The molecule has 2 heterocycles. The maximum atomic E-state index is 12.7. The van der Waals surface area contributed by atoms with Crippen molar-refractivity contribution in [3.8, 4) is 0 Å². The van der Waals surface area contributed by atoms with Crippen LogP contribution >= 0.6 is 11.3 Å². The normalized spacial score (nSPS) is 16.9. The molecular formula is C20H27N3O3S2. The highest BCUT2D eigenvalue weighted by atomic mass is 32.2. The summed E-state index contributed by atoms with van der Waals surface area (Å²) in [6.07, 6.45) is 1.21. The third-order valence-corrected chi connectivity index (χ3v) is 7.89. The van der Waals surface area contributed by atoms with Gasteiger partial charge in [-0.2, -0.15) is 0 Å². The van der Waals surface area contributed by atoms with Crippen molar-refractivity contribution in [2.75, 3.05) is 13.1 Å². The number of amides is 2. The molecule has 1 atom stereocenters. The number of rotatable bonds is 6. The monoisotopic (exact) mass is 421 g/mol. The maximum Gasteiger partial charge on any atom is 0.317 e. The standard InChI is InChI=1S/C20H27N3O3S2/c1-15(2)19(16-7-4-3-5-8-16)21-20(24)23-12-10-17(11-13-23)22-28(25,26)18-9-6-14-27-18/h3-9,14-15,17,19,22H,10-13H2,1-2H3,(H,21,24). The third kappa shape index (κ3) is 5.12. The molecule has 3 rings (SSSR count). The number of hydrogen-bond donors (Lipinski definition) is 2. The van der Waals surface area contributed by atoms with Crippen LogP contribution < -0.4 is 10.0 Å². The summed E-state index contributed by atoms with van der Waals surface area (Å²) in [5.74, 6) is 0.265. The van der Waals surface area contributed by atoms with Crippen molar-refractivity contribution >= 4 is 27.4 Å². The van der Waals surface area contributed by atoms with Crippen molar-refractivity contribution in [1.29, 1.82) is 0 Å². The van der Waals surface area contributed by atoms with Gasteiger partial charge in [0.25, 0.3) is 0 Å². The van der Waals surface area contributed by atoms with Gasteiger partial charge in [0.1, 0.15) is 4.21 Å². The van der Waals surface area contributed by atoms with Crippen LogP contribution in [0.15, 0.2) is 52.1 Å². The van der Waals surface area contributed by atoms with Gasteiger partial charge in [-0.05, 0) is 35.8 Å². The number of urea groups is 1. The molecule has 1 fully saturated rings. The Morgan fingerprint density at radius 3 is 2.36 bits per heavy atom. The summed E-state index contributed by atoms with van der Waals surface area (Å²) in [7, 11) is -3.47. The quantitative estimate of drug-likeness (QED) is 0.748. The molecule has 0 spiro atoms. The predicted molar refractivity (Wildman–Crippen MR) is 112 cm³/mol. The Kier molecular flexibility index (Phi) is 6.74. The van der Waals surface area contributed by atoms with Crippen molar-refractivity contribution in [3.63, 3.8) is 0 Å². The average molecular weight is 422 g/mol. The van der Waals surface area contributed by atoms with Gasteiger partial charge in [0.2, 0.25) is 10.0 Å². The van der Waals surface area contributed by atoms with Crippen LogP contribution in [0.2, 0.25) is 0 Å². The number of benzene rings is 1. The van der Waals surface area contributed by atoms with Gasteiger partial charge in [-0.3, -0.25) is 0 Å². The molecule has 0 bridgehead atoms. The Hall–Kier alpha value is -1.90. The highest BCUT2D eigenvalue weighted by Crippen LogP contribution is 2.23. The Morgan fingerprint density at radius 2 is 1.79 bits per heavy atom. The van der Waals surface area contributed by atoms with Crippen LogP contribution in [0.4, 0.5) is 4.79 Å². The lowest BCUT2D eigenvalue weighted by Crippen LogP contribution is -2.50. The van der Waals surface area contributed by atoms with Gasteiger partial charge in [-0.15, -0.1) is 11.3 Å². The van der Waals surface area contributed by atoms with E-state index in [9.17, 15) is 13.2 Å². The van der Waals surface area contributed by atoms with E-state index in [1.807, 2.05) is 30.3 Å². The Bertz CT molecular complexity index is 859. The molecule has 1 aromatic heterocycles. The Morgan fingerprint density at radius 1 is 1.11 bits per heavy atom. The van der Waals surface area contributed by atoms with Crippen LogP contribution in [0, 0.1) is 5.92 Å². The first kappa shape index (κ1) is 20.8. The average Bonchev–Trinajstić information content (AvgIpc) is 3.22. The highest BCUT2D eigenvalue weighted by Gasteiger charge is 2.28. The third-order valence-electron chi connectivity index (χ3n) is 4.97. The molecule has 1 saturated heterocycles. The lowest BCUT2D eigenvalue weighted by Gasteiger charge is -2.34. The number of nitrogens with one attached hydrogen (secondary N) is 2. The summed E-state index contributed by atoms with van der Waals surface area (Å²) in [6, 6.07) is 13.0. The number of piperidine rings is 1. The largest absolute Gasteiger partial charge is 0.331 e. The summed E-state index contributed by atoms with van der Waals surface area (Å²) >= 11 is 1.21. The first-order valence-corrected chi connectivity index (χ1v) is 11.9. The van der Waals surface area contributed by atoms with Crippen LogP contribution in [0.1, 0.15) is 38.3 Å². The molecule has 0 aliphatic carbocycles. The summed E-state index contributed by atoms with van der Waals surface area (Å²) < 4.78 is 27.8. The van der Waals surface area contributed by atoms with E-state index in [0.29, 0.717) is 30.1 Å². The fourth-order valence-corrected chi connectivity index (χ4v) is 5.73. The molecular weight excluding hydrogens is 394 g/mol. The van der Waals surface area contributed by atoms with Crippen molar-refractivity contribution in [2.24, 2.45) is 5.92 Å². The zero-order chi connectivity index (χ0) is 20.1. The van der Waals surface area contributed by atoms with Gasteiger partial charge in [0.15, 0.2) is 0 Å². The van der Waals surface area contributed by atoms with Gasteiger partial charge in [0.05, 0.1) is 6.04 Å². The van der Waals surface area contributed by atoms with Crippen LogP contribution in [0.3, 0.4) is 0 Å². The van der Waals surface area contributed by atoms with Crippen LogP contribution in [0.5, 0.6) is 0 Å². The second-order valence-electron chi connectivity index (χ2n) is 7.40. The summed E-state index contributed by atoms with van der Waals surface area (Å²) in [4.78, 5) is 14.5. The minimum Gasteiger partial charge on any atom is -0.331 e. The summed E-state index contributed by atoms with van der Waals surface area (Å²) in [6.45, 7) is 5.24. The molecule has 0 saturated carbocycles. The minimum absolute atomic E-state index is 0.0521. The van der Waals surface area contributed by atoms with Crippen molar-refractivity contribution in [2.45, 2.75) is 43.0 Å². The van der Waals surface area contributed by atoms with E-state index in [1.165, 1.54) is 11.3 Å². The van der Waals surface area contributed by atoms with Gasteiger partial charge in [-0.1, -0.05) is 50.2 Å². The SMILES string of the molecule is CC(C)C(NC(=O)N1CCC(NS(=O)(=O)c2cccs2)CC1)c1ccccc1. The van der Waals surface area contributed by atoms with E-state index in [0.717, 1.165) is 5.56 Å². The Labute approximate surface area is 171 Å².